The quantitative estimate of drug-likeness (QED) is 0.593. The second-order valence-electron chi connectivity index (χ2n) is 1.61. The first kappa shape index (κ1) is 7.77. The molecule has 0 amide bonds. The van der Waals surface area contributed by atoms with Gasteiger partial charge >= 0.3 is 0 Å². The third-order valence-corrected chi connectivity index (χ3v) is 1.46. The Morgan fingerprint density at radius 2 is 2.29 bits per heavy atom. The predicted octanol–water partition coefficient (Wildman–Crippen LogP) is 2.79. The largest absolute Gasteiger partial charge is 0.127 e. The molecule has 44 valence electrons. The van der Waals surface area contributed by atoms with E-state index in [0.29, 0.717) is 4.83 Å². The molecule has 0 N–H and O–H groups in total. The minimum absolute atomic E-state index is 0.631. The molecular formula is C5H10BrCl. The van der Waals surface area contributed by atoms with Gasteiger partial charge in [0.2, 0.25) is 0 Å². The van der Waals surface area contributed by atoms with E-state index < -0.39 is 0 Å². The Hall–Kier alpha value is 0.770. The van der Waals surface area contributed by atoms with Crippen LogP contribution in [-0.2, 0) is 0 Å². The lowest BCUT2D eigenvalue weighted by Crippen LogP contribution is -1.88. The second-order valence-corrected chi connectivity index (χ2v) is 3.55. The molecule has 0 spiro atoms. The van der Waals surface area contributed by atoms with Crippen molar-refractivity contribution in [1.82, 2.24) is 0 Å². The van der Waals surface area contributed by atoms with Crippen LogP contribution < -0.4 is 0 Å². The molecule has 2 heteroatoms. The lowest BCUT2D eigenvalue weighted by molar-refractivity contribution is 0.801. The Labute approximate surface area is 58.4 Å². The molecule has 0 saturated carbocycles. The molecule has 0 fully saturated rings. The van der Waals surface area contributed by atoms with Crippen LogP contribution in [0.4, 0.5) is 0 Å². The summed E-state index contributed by atoms with van der Waals surface area (Å²) in [5.41, 5.74) is 0. The van der Waals surface area contributed by atoms with Gasteiger partial charge in [0.1, 0.15) is 0 Å². The smallest absolute Gasteiger partial charge is 0.0223 e. The molecule has 0 nitrogen and oxygen atoms in total. The Bertz CT molecular complexity index is 37.1. The van der Waals surface area contributed by atoms with Gasteiger partial charge in [-0.3, -0.25) is 0 Å². The summed E-state index contributed by atoms with van der Waals surface area (Å²) in [5.74, 6) is 0.788. The van der Waals surface area contributed by atoms with Crippen LogP contribution in [-0.4, -0.2) is 10.7 Å². The molecule has 0 bridgehead atoms. The van der Waals surface area contributed by atoms with E-state index >= 15 is 0 Å². The number of alkyl halides is 2. The van der Waals surface area contributed by atoms with E-state index in [1.54, 1.807) is 0 Å². The summed E-state index contributed by atoms with van der Waals surface area (Å²) in [6, 6.07) is 0. The molecule has 7 heavy (non-hydrogen) atoms. The van der Waals surface area contributed by atoms with Crippen LogP contribution in [0.2, 0.25) is 0 Å². The average molecular weight is 185 g/mol. The van der Waals surface area contributed by atoms with Crippen molar-refractivity contribution in [3.63, 3.8) is 0 Å². The highest BCUT2D eigenvalue weighted by atomic mass is 79.9. The topological polar surface area (TPSA) is 0 Å². The van der Waals surface area contributed by atoms with Gasteiger partial charge in [-0.2, -0.15) is 0 Å². The van der Waals surface area contributed by atoms with E-state index in [-0.39, 0.29) is 0 Å². The lowest BCUT2D eigenvalue weighted by atomic mass is 10.3. The van der Waals surface area contributed by atoms with E-state index in [2.05, 4.69) is 22.9 Å². The Kier molecular flexibility index (Phi) is 5.46. The van der Waals surface area contributed by atoms with E-state index in [0.717, 1.165) is 12.3 Å². The van der Waals surface area contributed by atoms with Crippen LogP contribution in [0.15, 0.2) is 0 Å². The van der Waals surface area contributed by atoms with Crippen molar-refractivity contribution in [2.75, 3.05) is 5.88 Å². The highest BCUT2D eigenvalue weighted by Crippen LogP contribution is 2.05. The average Bonchev–Trinajstić information content (AvgIpc) is 1.61. The normalized spacial score (nSPS) is 14.1. The van der Waals surface area contributed by atoms with Crippen molar-refractivity contribution in [3.8, 4) is 0 Å². The predicted molar refractivity (Wildman–Crippen MR) is 38.3 cm³/mol. The van der Waals surface area contributed by atoms with Crippen LogP contribution in [0.5, 0.6) is 0 Å². The molecule has 0 rings (SSSR count). The zero-order valence-corrected chi connectivity index (χ0v) is 6.80. The van der Waals surface area contributed by atoms with Gasteiger partial charge in [-0.1, -0.05) is 22.9 Å². The van der Waals surface area contributed by atoms with Crippen LogP contribution in [0.25, 0.3) is 0 Å². The maximum absolute atomic E-state index is 5.42. The minimum atomic E-state index is 0.631. The monoisotopic (exact) mass is 184 g/mol. The van der Waals surface area contributed by atoms with Gasteiger partial charge < -0.3 is 0 Å². The number of rotatable bonds is 3. The first-order valence-electron chi connectivity index (χ1n) is 2.47. The number of halogens is 2. The third-order valence-electron chi connectivity index (χ3n) is 0.736. The van der Waals surface area contributed by atoms with Gasteiger partial charge in [-0.25, -0.2) is 0 Å². The standard InChI is InChI=1S/C5H10BrCl/c1-5(6)3-2-4-7/h5H,2-4H2,1H3. The molecule has 0 aliphatic rings. The molecular weight excluding hydrogens is 175 g/mol. The fraction of sp³-hybridized carbons (Fsp3) is 1.00. The van der Waals surface area contributed by atoms with Crippen LogP contribution in [0.1, 0.15) is 19.8 Å². The van der Waals surface area contributed by atoms with Crippen molar-refractivity contribution >= 4 is 27.5 Å². The summed E-state index contributed by atoms with van der Waals surface area (Å²) in [4.78, 5) is 0.631. The molecule has 0 aliphatic carbocycles. The second kappa shape index (κ2) is 4.92. The van der Waals surface area contributed by atoms with Crippen molar-refractivity contribution in [2.24, 2.45) is 0 Å². The van der Waals surface area contributed by atoms with Gasteiger partial charge in [-0.15, -0.1) is 11.6 Å². The fourth-order valence-electron chi connectivity index (χ4n) is 0.358. The SMILES string of the molecule is CC(Br)CCCCl. The molecule has 0 heterocycles. The highest BCUT2D eigenvalue weighted by Gasteiger charge is 1.91. The van der Waals surface area contributed by atoms with Crippen molar-refractivity contribution in [1.29, 1.82) is 0 Å². The fourth-order valence-corrected chi connectivity index (χ4v) is 0.836. The Morgan fingerprint density at radius 3 is 2.43 bits per heavy atom. The lowest BCUT2D eigenvalue weighted by Gasteiger charge is -1.96. The summed E-state index contributed by atoms with van der Waals surface area (Å²) in [6.45, 7) is 2.13. The Balaban J connectivity index is 2.68. The molecule has 1 atom stereocenters. The van der Waals surface area contributed by atoms with Gasteiger partial charge in [-0.05, 0) is 12.8 Å². The first-order valence-corrected chi connectivity index (χ1v) is 3.92. The van der Waals surface area contributed by atoms with E-state index in [4.69, 9.17) is 11.6 Å². The first-order chi connectivity index (χ1) is 3.27. The number of hydrogen-bond donors (Lipinski definition) is 0. The molecule has 0 saturated heterocycles. The zero-order chi connectivity index (χ0) is 5.70. The molecule has 0 aromatic carbocycles. The van der Waals surface area contributed by atoms with Crippen LogP contribution in [0.3, 0.4) is 0 Å². The van der Waals surface area contributed by atoms with E-state index in [9.17, 15) is 0 Å². The summed E-state index contributed by atoms with van der Waals surface area (Å²) >= 11 is 8.84. The molecule has 0 aromatic rings. The molecule has 0 aromatic heterocycles. The van der Waals surface area contributed by atoms with Gasteiger partial charge in [0.15, 0.2) is 0 Å². The van der Waals surface area contributed by atoms with Gasteiger partial charge in [0.05, 0.1) is 0 Å². The number of hydrogen-bond acceptors (Lipinski definition) is 0. The molecule has 0 aliphatic heterocycles. The zero-order valence-electron chi connectivity index (χ0n) is 4.45. The van der Waals surface area contributed by atoms with Gasteiger partial charge in [0.25, 0.3) is 0 Å². The summed E-state index contributed by atoms with van der Waals surface area (Å²) in [7, 11) is 0. The maximum Gasteiger partial charge on any atom is 0.0223 e. The summed E-state index contributed by atoms with van der Waals surface area (Å²) in [6.07, 6.45) is 2.30. The van der Waals surface area contributed by atoms with Crippen LogP contribution >= 0.6 is 27.5 Å². The van der Waals surface area contributed by atoms with E-state index in [1.165, 1.54) is 6.42 Å². The highest BCUT2D eigenvalue weighted by molar-refractivity contribution is 9.09. The molecule has 1 unspecified atom stereocenters. The Morgan fingerprint density at radius 1 is 1.71 bits per heavy atom. The van der Waals surface area contributed by atoms with Gasteiger partial charge in [0, 0.05) is 10.7 Å². The summed E-state index contributed by atoms with van der Waals surface area (Å²) in [5, 5.41) is 0. The molecule has 0 radical (unpaired) electrons. The van der Waals surface area contributed by atoms with Crippen LogP contribution in [0, 0.1) is 0 Å². The van der Waals surface area contributed by atoms with Crippen molar-refractivity contribution < 1.29 is 0 Å². The van der Waals surface area contributed by atoms with E-state index in [1.807, 2.05) is 0 Å². The maximum atomic E-state index is 5.42. The van der Waals surface area contributed by atoms with Crippen molar-refractivity contribution in [2.45, 2.75) is 24.6 Å². The minimum Gasteiger partial charge on any atom is -0.127 e. The van der Waals surface area contributed by atoms with Crippen molar-refractivity contribution in [3.05, 3.63) is 0 Å². The third kappa shape index (κ3) is 6.77. The summed E-state index contributed by atoms with van der Waals surface area (Å²) < 4.78 is 0.